The first-order chi connectivity index (χ1) is 4.20. The molecule has 0 saturated heterocycles. The van der Waals surface area contributed by atoms with E-state index in [1.54, 1.807) is 0 Å². The number of nitrogens with zero attached hydrogens (tertiary/aromatic N) is 1. The number of hydrogen-bond donors (Lipinski definition) is 2. The van der Waals surface area contributed by atoms with Crippen molar-refractivity contribution in [1.82, 2.24) is 5.32 Å². The molecule has 0 aromatic heterocycles. The Morgan fingerprint density at radius 3 is 2.89 bits per heavy atom. The number of carbonyl (C=O) groups is 1. The summed E-state index contributed by atoms with van der Waals surface area (Å²) < 4.78 is 0. The Morgan fingerprint density at radius 1 is 2.00 bits per heavy atom. The van der Waals surface area contributed by atoms with Crippen LogP contribution in [0.25, 0.3) is 0 Å². The average molecular weight is 128 g/mol. The molecule has 0 fully saturated rings. The van der Waals surface area contributed by atoms with Gasteiger partial charge in [-0.2, -0.15) is 5.26 Å². The van der Waals surface area contributed by atoms with Crippen LogP contribution in [0.1, 0.15) is 6.42 Å². The molecule has 0 aliphatic heterocycles. The van der Waals surface area contributed by atoms with E-state index < -0.39 is 6.10 Å². The van der Waals surface area contributed by atoms with Crippen molar-refractivity contribution in [2.75, 3.05) is 7.05 Å². The molecule has 4 heteroatoms. The summed E-state index contributed by atoms with van der Waals surface area (Å²) in [5, 5.41) is 18.8. The van der Waals surface area contributed by atoms with Crippen molar-refractivity contribution in [2.45, 2.75) is 12.5 Å². The molecule has 1 atom stereocenters. The molecular weight excluding hydrogens is 120 g/mol. The smallest absolute Gasteiger partial charge is 0.223 e. The van der Waals surface area contributed by atoms with E-state index in [4.69, 9.17) is 10.4 Å². The van der Waals surface area contributed by atoms with Gasteiger partial charge in [0.25, 0.3) is 0 Å². The van der Waals surface area contributed by atoms with Gasteiger partial charge in [0, 0.05) is 7.05 Å². The van der Waals surface area contributed by atoms with Crippen LogP contribution >= 0.6 is 0 Å². The molecule has 0 spiro atoms. The number of carbonyl (C=O) groups excluding carboxylic acids is 1. The molecule has 0 bridgehead atoms. The third-order valence-electron chi connectivity index (χ3n) is 0.807. The summed E-state index contributed by atoms with van der Waals surface area (Å²) in [5.41, 5.74) is 0. The maximum absolute atomic E-state index is 10.4. The molecule has 0 aromatic rings. The number of amides is 1. The Labute approximate surface area is 53.1 Å². The molecule has 0 saturated carbocycles. The van der Waals surface area contributed by atoms with E-state index >= 15 is 0 Å². The third kappa shape index (κ3) is 3.50. The van der Waals surface area contributed by atoms with Crippen LogP contribution in [-0.2, 0) is 4.79 Å². The molecule has 1 unspecified atom stereocenters. The highest BCUT2D eigenvalue weighted by Crippen LogP contribution is 1.86. The molecule has 0 radical (unpaired) electrons. The fourth-order valence-electron chi connectivity index (χ4n) is 0.323. The number of aliphatic hydroxyl groups excluding tert-OH is 1. The van der Waals surface area contributed by atoms with Crippen molar-refractivity contribution >= 4 is 5.91 Å². The second-order valence-corrected chi connectivity index (χ2v) is 1.52. The largest absolute Gasteiger partial charge is 0.378 e. The lowest BCUT2D eigenvalue weighted by atomic mass is 10.3. The van der Waals surface area contributed by atoms with E-state index in [9.17, 15) is 4.79 Å². The van der Waals surface area contributed by atoms with Gasteiger partial charge in [0.1, 0.15) is 6.10 Å². The maximum atomic E-state index is 10.4. The van der Waals surface area contributed by atoms with Crippen molar-refractivity contribution in [3.8, 4) is 6.07 Å². The predicted molar refractivity (Wildman–Crippen MR) is 30.3 cm³/mol. The van der Waals surface area contributed by atoms with E-state index in [0.29, 0.717) is 0 Å². The fraction of sp³-hybridized carbons (Fsp3) is 0.600. The summed E-state index contributed by atoms with van der Waals surface area (Å²) in [7, 11) is 1.45. The maximum Gasteiger partial charge on any atom is 0.223 e. The van der Waals surface area contributed by atoms with Crippen LogP contribution in [0.4, 0.5) is 0 Å². The van der Waals surface area contributed by atoms with Gasteiger partial charge in [-0.15, -0.1) is 0 Å². The quantitative estimate of drug-likeness (QED) is 0.469. The van der Waals surface area contributed by atoms with E-state index in [1.165, 1.54) is 13.1 Å². The van der Waals surface area contributed by atoms with Gasteiger partial charge >= 0.3 is 0 Å². The van der Waals surface area contributed by atoms with Crippen LogP contribution in [0.5, 0.6) is 0 Å². The van der Waals surface area contributed by atoms with Crippen molar-refractivity contribution < 1.29 is 9.90 Å². The first-order valence-electron chi connectivity index (χ1n) is 2.49. The highest BCUT2D eigenvalue weighted by atomic mass is 16.3. The highest BCUT2D eigenvalue weighted by Gasteiger charge is 2.05. The van der Waals surface area contributed by atoms with Crippen LogP contribution in [0.15, 0.2) is 0 Å². The van der Waals surface area contributed by atoms with Crippen LogP contribution in [0.2, 0.25) is 0 Å². The molecule has 2 N–H and O–H groups in total. The zero-order valence-electron chi connectivity index (χ0n) is 5.09. The van der Waals surface area contributed by atoms with Crippen molar-refractivity contribution in [3.63, 3.8) is 0 Å². The van der Waals surface area contributed by atoms with Gasteiger partial charge < -0.3 is 10.4 Å². The predicted octanol–water partition coefficient (Wildman–Crippen LogP) is -0.993. The van der Waals surface area contributed by atoms with Crippen LogP contribution in [-0.4, -0.2) is 24.2 Å². The van der Waals surface area contributed by atoms with Gasteiger partial charge in [0.2, 0.25) is 5.91 Å². The van der Waals surface area contributed by atoms with Crippen LogP contribution in [0.3, 0.4) is 0 Å². The number of aliphatic hydroxyl groups is 1. The van der Waals surface area contributed by atoms with E-state index in [-0.39, 0.29) is 12.3 Å². The summed E-state index contributed by atoms with van der Waals surface area (Å²) in [6.45, 7) is 0. The SMILES string of the molecule is CNC(=O)CC(O)C#N. The standard InChI is InChI=1S/C5H8N2O2/c1-7-5(9)2-4(8)3-6/h4,8H,2H2,1H3,(H,7,9). The van der Waals surface area contributed by atoms with E-state index in [1.807, 2.05) is 0 Å². The average Bonchev–Trinajstić information content (AvgIpc) is 1.87. The first-order valence-corrected chi connectivity index (χ1v) is 2.49. The minimum Gasteiger partial charge on any atom is -0.378 e. The lowest BCUT2D eigenvalue weighted by Gasteiger charge is -1.97. The molecule has 0 aliphatic carbocycles. The minimum absolute atomic E-state index is 0.146. The molecule has 0 rings (SSSR count). The lowest BCUT2D eigenvalue weighted by molar-refractivity contribution is -0.121. The topological polar surface area (TPSA) is 73.1 Å². The molecule has 0 aliphatic rings. The third-order valence-corrected chi connectivity index (χ3v) is 0.807. The second kappa shape index (κ2) is 3.87. The van der Waals surface area contributed by atoms with Gasteiger partial charge in [-0.3, -0.25) is 4.79 Å². The summed E-state index contributed by atoms with van der Waals surface area (Å²) in [6.07, 6.45) is -1.32. The monoisotopic (exact) mass is 128 g/mol. The van der Waals surface area contributed by atoms with Gasteiger partial charge in [0.15, 0.2) is 0 Å². The molecule has 1 amide bonds. The van der Waals surface area contributed by atoms with E-state index in [2.05, 4.69) is 5.32 Å². The van der Waals surface area contributed by atoms with E-state index in [0.717, 1.165) is 0 Å². The molecule has 9 heavy (non-hydrogen) atoms. The fourth-order valence-corrected chi connectivity index (χ4v) is 0.323. The summed E-state index contributed by atoms with van der Waals surface area (Å²) in [5.74, 6) is -0.330. The van der Waals surface area contributed by atoms with Crippen molar-refractivity contribution in [1.29, 1.82) is 5.26 Å². The zero-order chi connectivity index (χ0) is 7.28. The normalized spacial score (nSPS) is 11.7. The van der Waals surface area contributed by atoms with Gasteiger partial charge in [-0.25, -0.2) is 0 Å². The first kappa shape index (κ1) is 7.92. The Hall–Kier alpha value is -1.08. The summed E-state index contributed by atoms with van der Waals surface area (Å²) in [4.78, 5) is 10.4. The van der Waals surface area contributed by atoms with Crippen LogP contribution in [0, 0.1) is 11.3 Å². The Balaban J connectivity index is 3.50. The van der Waals surface area contributed by atoms with Gasteiger partial charge in [-0.1, -0.05) is 0 Å². The molecule has 0 aromatic carbocycles. The summed E-state index contributed by atoms with van der Waals surface area (Å²) >= 11 is 0. The number of rotatable bonds is 2. The summed E-state index contributed by atoms with van der Waals surface area (Å²) in [6, 6.07) is 1.52. The molecule has 0 heterocycles. The Morgan fingerprint density at radius 2 is 2.56 bits per heavy atom. The zero-order valence-corrected chi connectivity index (χ0v) is 5.09. The second-order valence-electron chi connectivity index (χ2n) is 1.52. The number of nitriles is 1. The van der Waals surface area contributed by atoms with Crippen molar-refractivity contribution in [2.24, 2.45) is 0 Å². The molecule has 4 nitrogen and oxygen atoms in total. The molecule has 50 valence electrons. The lowest BCUT2D eigenvalue weighted by Crippen LogP contribution is -2.22. The Bertz CT molecular complexity index is 138. The molecular formula is C5H8N2O2. The van der Waals surface area contributed by atoms with Gasteiger partial charge in [-0.05, 0) is 0 Å². The van der Waals surface area contributed by atoms with Gasteiger partial charge in [0.05, 0.1) is 12.5 Å². The minimum atomic E-state index is -1.18. The Kier molecular flexibility index (Phi) is 3.40. The highest BCUT2D eigenvalue weighted by molar-refractivity contribution is 5.76. The van der Waals surface area contributed by atoms with Crippen molar-refractivity contribution in [3.05, 3.63) is 0 Å². The van der Waals surface area contributed by atoms with Crippen LogP contribution < -0.4 is 5.32 Å². The number of hydrogen-bond acceptors (Lipinski definition) is 3. The number of nitrogens with one attached hydrogen (secondary N) is 1.